The molecule has 0 radical (unpaired) electrons. The van der Waals surface area contributed by atoms with Crippen LogP contribution in [0, 0.1) is 0 Å². The molecule has 176 valence electrons. The van der Waals surface area contributed by atoms with Gasteiger partial charge in [0.05, 0.1) is 18.1 Å². The van der Waals surface area contributed by atoms with E-state index in [1.807, 2.05) is 56.5 Å². The van der Waals surface area contributed by atoms with Gasteiger partial charge in [-0.05, 0) is 17.5 Å². The van der Waals surface area contributed by atoms with Crippen molar-refractivity contribution in [3.8, 4) is 11.3 Å². The molecule has 0 spiro atoms. The van der Waals surface area contributed by atoms with Crippen LogP contribution in [0.4, 0.5) is 11.8 Å². The molecule has 1 saturated heterocycles. The first-order valence-electron chi connectivity index (χ1n) is 11.9. The molecule has 0 N–H and O–H groups in total. The van der Waals surface area contributed by atoms with Gasteiger partial charge in [-0.2, -0.15) is 5.10 Å². The monoisotopic (exact) mass is 465 g/mol. The first kappa shape index (κ1) is 21.3. The van der Waals surface area contributed by atoms with Crippen LogP contribution in [0.5, 0.6) is 0 Å². The van der Waals surface area contributed by atoms with Gasteiger partial charge in [-0.3, -0.25) is 9.08 Å². The first-order valence-corrected chi connectivity index (χ1v) is 11.9. The van der Waals surface area contributed by atoms with Crippen molar-refractivity contribution in [1.29, 1.82) is 0 Å². The van der Waals surface area contributed by atoms with E-state index >= 15 is 0 Å². The molecular formula is C26H27N9. The van der Waals surface area contributed by atoms with Crippen molar-refractivity contribution in [3.05, 3.63) is 84.8 Å². The van der Waals surface area contributed by atoms with E-state index in [1.165, 1.54) is 5.56 Å². The van der Waals surface area contributed by atoms with E-state index in [0.29, 0.717) is 0 Å². The van der Waals surface area contributed by atoms with Crippen LogP contribution >= 0.6 is 0 Å². The van der Waals surface area contributed by atoms with Crippen molar-refractivity contribution in [1.82, 2.24) is 34.1 Å². The first-order chi connectivity index (χ1) is 17.2. The van der Waals surface area contributed by atoms with E-state index in [-0.39, 0.29) is 0 Å². The van der Waals surface area contributed by atoms with Gasteiger partial charge in [0, 0.05) is 69.9 Å². The highest BCUT2D eigenvalue weighted by molar-refractivity contribution is 5.64. The SMILES string of the molecule is Cn1cc(-c2cc3ncc(N4CCCN(c5ncc(Cc6ccccc6)cn5)CC4)n3cn2)cn1. The molecule has 0 aliphatic carbocycles. The predicted octanol–water partition coefficient (Wildman–Crippen LogP) is 3.23. The maximum absolute atomic E-state index is 4.68. The van der Waals surface area contributed by atoms with Gasteiger partial charge in [0.2, 0.25) is 5.95 Å². The maximum atomic E-state index is 4.68. The van der Waals surface area contributed by atoms with Gasteiger partial charge >= 0.3 is 0 Å². The number of nitrogens with zero attached hydrogens (tertiary/aromatic N) is 9. The summed E-state index contributed by atoms with van der Waals surface area (Å²) >= 11 is 0. The highest BCUT2D eigenvalue weighted by Crippen LogP contribution is 2.23. The number of rotatable bonds is 5. The molecule has 4 aromatic heterocycles. The third-order valence-electron chi connectivity index (χ3n) is 6.43. The fraction of sp³-hybridized carbons (Fsp3) is 0.269. The smallest absolute Gasteiger partial charge is 0.225 e. The molecular weight excluding hydrogens is 438 g/mol. The van der Waals surface area contributed by atoms with E-state index < -0.39 is 0 Å². The van der Waals surface area contributed by atoms with Crippen LogP contribution in [0.2, 0.25) is 0 Å². The number of benzene rings is 1. The van der Waals surface area contributed by atoms with Crippen LogP contribution in [0.1, 0.15) is 17.5 Å². The minimum atomic E-state index is 0.796. The molecule has 0 atom stereocenters. The Balaban J connectivity index is 1.15. The average Bonchev–Trinajstić information content (AvgIpc) is 3.44. The third-order valence-corrected chi connectivity index (χ3v) is 6.43. The Hall–Kier alpha value is -4.27. The Labute approximate surface area is 203 Å². The van der Waals surface area contributed by atoms with Gasteiger partial charge in [-0.25, -0.2) is 19.9 Å². The average molecular weight is 466 g/mol. The van der Waals surface area contributed by atoms with Crippen LogP contribution in [-0.2, 0) is 13.5 Å². The minimum absolute atomic E-state index is 0.796. The summed E-state index contributed by atoms with van der Waals surface area (Å²) in [6, 6.07) is 12.4. The molecule has 9 nitrogen and oxygen atoms in total. The normalized spacial score (nSPS) is 14.4. The summed E-state index contributed by atoms with van der Waals surface area (Å²) in [5.41, 5.74) is 5.13. The molecule has 9 heteroatoms. The maximum Gasteiger partial charge on any atom is 0.225 e. The van der Waals surface area contributed by atoms with E-state index in [9.17, 15) is 0 Å². The van der Waals surface area contributed by atoms with Gasteiger partial charge < -0.3 is 9.80 Å². The summed E-state index contributed by atoms with van der Waals surface area (Å²) in [6.45, 7) is 3.59. The lowest BCUT2D eigenvalue weighted by Gasteiger charge is -2.23. The standard InChI is InChI=1S/C26H27N9/c1-32-18-22(16-31-32)23-13-24-27-17-25(35(24)19-30-23)33-8-5-9-34(11-10-33)26-28-14-21(15-29-26)12-20-6-3-2-4-7-20/h2-4,6-7,13-19H,5,8-12H2,1H3. The highest BCUT2D eigenvalue weighted by atomic mass is 15.3. The van der Waals surface area contributed by atoms with E-state index in [4.69, 9.17) is 0 Å². The number of anilines is 2. The molecule has 1 fully saturated rings. The number of aryl methyl sites for hydroxylation is 1. The van der Waals surface area contributed by atoms with Crippen molar-refractivity contribution in [2.45, 2.75) is 12.8 Å². The van der Waals surface area contributed by atoms with Gasteiger partial charge in [0.1, 0.15) is 17.8 Å². The summed E-state index contributed by atoms with van der Waals surface area (Å²) in [5, 5.41) is 4.24. The number of hydrogen-bond donors (Lipinski definition) is 0. The fourth-order valence-corrected chi connectivity index (χ4v) is 4.60. The number of imidazole rings is 1. The van der Waals surface area contributed by atoms with Crippen molar-refractivity contribution in [2.24, 2.45) is 7.05 Å². The Morgan fingerprint density at radius 1 is 0.800 bits per heavy atom. The van der Waals surface area contributed by atoms with Crippen LogP contribution in [0.15, 0.2) is 73.7 Å². The van der Waals surface area contributed by atoms with E-state index in [1.54, 1.807) is 4.68 Å². The summed E-state index contributed by atoms with van der Waals surface area (Å²) in [7, 11) is 1.91. The molecule has 1 aromatic carbocycles. The Morgan fingerprint density at radius 2 is 1.60 bits per heavy atom. The summed E-state index contributed by atoms with van der Waals surface area (Å²) in [4.78, 5) is 23.3. The number of aromatic nitrogens is 7. The highest BCUT2D eigenvalue weighted by Gasteiger charge is 2.20. The lowest BCUT2D eigenvalue weighted by Crippen LogP contribution is -2.32. The van der Waals surface area contributed by atoms with Gasteiger partial charge in [0.15, 0.2) is 0 Å². The van der Waals surface area contributed by atoms with Gasteiger partial charge in [-0.1, -0.05) is 30.3 Å². The zero-order valence-electron chi connectivity index (χ0n) is 19.7. The van der Waals surface area contributed by atoms with Crippen molar-refractivity contribution < 1.29 is 0 Å². The molecule has 0 amide bonds. The quantitative estimate of drug-likeness (QED) is 0.394. The zero-order chi connectivity index (χ0) is 23.6. The van der Waals surface area contributed by atoms with Crippen molar-refractivity contribution in [2.75, 3.05) is 36.0 Å². The van der Waals surface area contributed by atoms with Crippen LogP contribution in [0.3, 0.4) is 0 Å². The van der Waals surface area contributed by atoms with Gasteiger partial charge in [0.25, 0.3) is 0 Å². The Kier molecular flexibility index (Phi) is 5.57. The molecule has 35 heavy (non-hydrogen) atoms. The second kappa shape index (κ2) is 9.17. The minimum Gasteiger partial charge on any atom is -0.355 e. The third kappa shape index (κ3) is 4.44. The second-order valence-electron chi connectivity index (χ2n) is 8.90. The van der Waals surface area contributed by atoms with E-state index in [2.05, 4.69) is 63.5 Å². The fourth-order valence-electron chi connectivity index (χ4n) is 4.60. The van der Waals surface area contributed by atoms with Crippen LogP contribution in [-0.4, -0.2) is 60.3 Å². The lowest BCUT2D eigenvalue weighted by atomic mass is 10.1. The number of fused-ring (bicyclic) bond motifs is 1. The molecule has 0 saturated carbocycles. The Morgan fingerprint density at radius 3 is 2.40 bits per heavy atom. The molecule has 0 bridgehead atoms. The van der Waals surface area contributed by atoms with Crippen molar-refractivity contribution >= 4 is 17.4 Å². The number of hydrogen-bond acceptors (Lipinski definition) is 7. The summed E-state index contributed by atoms with van der Waals surface area (Å²) in [5.74, 6) is 1.86. The van der Waals surface area contributed by atoms with E-state index in [0.717, 1.165) is 73.3 Å². The second-order valence-corrected chi connectivity index (χ2v) is 8.90. The molecule has 6 rings (SSSR count). The molecule has 5 heterocycles. The lowest BCUT2D eigenvalue weighted by molar-refractivity contribution is 0.768. The van der Waals surface area contributed by atoms with Crippen molar-refractivity contribution in [3.63, 3.8) is 0 Å². The molecule has 5 aromatic rings. The van der Waals surface area contributed by atoms with Crippen LogP contribution in [0.25, 0.3) is 16.9 Å². The summed E-state index contributed by atoms with van der Waals surface area (Å²) < 4.78 is 3.84. The molecule has 0 unspecified atom stereocenters. The van der Waals surface area contributed by atoms with Gasteiger partial charge in [-0.15, -0.1) is 0 Å². The Bertz CT molecular complexity index is 1420. The van der Waals surface area contributed by atoms with Crippen LogP contribution < -0.4 is 9.80 Å². The predicted molar refractivity (Wildman–Crippen MR) is 136 cm³/mol. The largest absolute Gasteiger partial charge is 0.355 e. The topological polar surface area (TPSA) is 80.3 Å². The molecule has 1 aliphatic heterocycles. The summed E-state index contributed by atoms with van der Waals surface area (Å²) in [6.07, 6.45) is 13.3. The zero-order valence-corrected chi connectivity index (χ0v) is 19.7. The molecule has 1 aliphatic rings.